The summed E-state index contributed by atoms with van der Waals surface area (Å²) in [5.74, 6) is 0.817. The highest BCUT2D eigenvalue weighted by Gasteiger charge is 2.49. The van der Waals surface area contributed by atoms with Crippen LogP contribution in [0.15, 0.2) is 191 Å². The first-order valence-corrected chi connectivity index (χ1v) is 20.0. The van der Waals surface area contributed by atoms with Gasteiger partial charge in [0.1, 0.15) is 5.58 Å². The lowest BCUT2D eigenvalue weighted by atomic mass is 9.69. The van der Waals surface area contributed by atoms with Crippen LogP contribution < -0.4 is 9.80 Å². The highest BCUT2D eigenvalue weighted by Crippen LogP contribution is 2.56. The molecule has 0 fully saturated rings. The predicted molar refractivity (Wildman–Crippen MR) is 226 cm³/mol. The molecule has 3 unspecified atom stereocenters. The molecular formula is C50H36N2OS. The van der Waals surface area contributed by atoms with Crippen LogP contribution in [0.3, 0.4) is 0 Å². The van der Waals surface area contributed by atoms with E-state index in [1.807, 2.05) is 11.3 Å². The number of nitrogens with zero attached hydrogens (tertiary/aromatic N) is 2. The standard InChI is InChI=1S/C50H36N2OS/c1-3-12-31(13-4-1)33-26-27-45-40(29-33)38-18-10-21-42(49(38)53-45)52(43-22-11-19-39-37-17-7-8-23-46(37)54-50(39)43)36-28-34-25-24-32-14-9-20-41-47(32)48(34)44(30-36)51(41)35-15-5-2-6-16-35/h1-8,10-19,21-27,29-30,34,44,48H,9,20,28H2. The number of anilines is 3. The summed E-state index contributed by atoms with van der Waals surface area (Å²) in [7, 11) is 0. The third-order valence-electron chi connectivity index (χ3n) is 12.2. The molecule has 258 valence electrons. The first-order valence-electron chi connectivity index (χ1n) is 19.2. The van der Waals surface area contributed by atoms with E-state index >= 15 is 0 Å². The first-order chi connectivity index (χ1) is 26.8. The largest absolute Gasteiger partial charge is 0.454 e. The monoisotopic (exact) mass is 712 g/mol. The minimum atomic E-state index is 0.213. The predicted octanol–water partition coefficient (Wildman–Crippen LogP) is 13.7. The number of para-hydroxylation sites is 2. The smallest absolute Gasteiger partial charge is 0.159 e. The normalized spacial score (nSPS) is 20.2. The maximum absolute atomic E-state index is 6.95. The van der Waals surface area contributed by atoms with Gasteiger partial charge in [0.2, 0.25) is 0 Å². The third-order valence-corrected chi connectivity index (χ3v) is 13.4. The zero-order valence-electron chi connectivity index (χ0n) is 29.7. The van der Waals surface area contributed by atoms with E-state index in [9.17, 15) is 0 Å². The molecule has 3 aliphatic carbocycles. The lowest BCUT2D eigenvalue weighted by Gasteiger charge is -2.41. The van der Waals surface area contributed by atoms with Crippen molar-refractivity contribution in [1.29, 1.82) is 0 Å². The van der Waals surface area contributed by atoms with Gasteiger partial charge < -0.3 is 14.2 Å². The number of hydrogen-bond acceptors (Lipinski definition) is 4. The van der Waals surface area contributed by atoms with Gasteiger partial charge in [-0.25, -0.2) is 0 Å². The zero-order chi connectivity index (χ0) is 35.3. The van der Waals surface area contributed by atoms with E-state index in [-0.39, 0.29) is 6.04 Å². The van der Waals surface area contributed by atoms with E-state index in [2.05, 4.69) is 174 Å². The van der Waals surface area contributed by atoms with Crippen LogP contribution in [0.25, 0.3) is 53.2 Å². The van der Waals surface area contributed by atoms with Crippen LogP contribution in [-0.4, -0.2) is 6.04 Å². The molecule has 6 aromatic carbocycles. The molecule has 3 nitrogen and oxygen atoms in total. The number of rotatable bonds is 5. The van der Waals surface area contributed by atoms with Crippen LogP contribution >= 0.6 is 11.3 Å². The molecule has 12 rings (SSSR count). The van der Waals surface area contributed by atoms with Gasteiger partial charge in [-0.05, 0) is 96.0 Å². The molecule has 0 amide bonds. The number of fused-ring (bicyclic) bond motifs is 6. The minimum absolute atomic E-state index is 0.213. The number of furan rings is 1. The summed E-state index contributed by atoms with van der Waals surface area (Å²) in [5, 5.41) is 4.89. The molecule has 2 aromatic heterocycles. The van der Waals surface area contributed by atoms with Crippen LogP contribution in [0.5, 0.6) is 0 Å². The van der Waals surface area contributed by atoms with Crippen LogP contribution in [-0.2, 0) is 0 Å². The van der Waals surface area contributed by atoms with E-state index in [1.54, 1.807) is 5.57 Å². The van der Waals surface area contributed by atoms with Crippen molar-refractivity contribution >= 4 is 70.5 Å². The highest BCUT2D eigenvalue weighted by atomic mass is 32.1. The van der Waals surface area contributed by atoms with E-state index < -0.39 is 0 Å². The average molecular weight is 713 g/mol. The molecule has 3 atom stereocenters. The summed E-state index contributed by atoms with van der Waals surface area (Å²) in [5.41, 5.74) is 13.6. The van der Waals surface area contributed by atoms with Crippen molar-refractivity contribution in [2.75, 3.05) is 9.80 Å². The quantitative estimate of drug-likeness (QED) is 0.177. The summed E-state index contributed by atoms with van der Waals surface area (Å²) in [6, 6.07) is 51.0. The number of thiophene rings is 1. The SMILES string of the molecule is C1=CC2CC(N(c3cccc4c3oc3ccc(-c5ccccc5)cc34)c3cccc4c3sc3ccccc34)=CC3C2C2=C(CCC=C12)N3c1ccccc1. The minimum Gasteiger partial charge on any atom is -0.454 e. The Morgan fingerprint density at radius 2 is 1.46 bits per heavy atom. The van der Waals surface area contributed by atoms with Crippen molar-refractivity contribution in [1.82, 2.24) is 0 Å². The van der Waals surface area contributed by atoms with Gasteiger partial charge in [0.05, 0.1) is 22.1 Å². The summed E-state index contributed by atoms with van der Waals surface area (Å²) in [6.07, 6.45) is 13.1. The Hall–Kier alpha value is -6.10. The van der Waals surface area contributed by atoms with Gasteiger partial charge in [0.25, 0.3) is 0 Å². The number of hydrogen-bond donors (Lipinski definition) is 0. The third kappa shape index (κ3) is 4.41. The lowest BCUT2D eigenvalue weighted by molar-refractivity contribution is 0.401. The molecular weight excluding hydrogens is 677 g/mol. The molecule has 0 saturated carbocycles. The van der Waals surface area contributed by atoms with Crippen LogP contribution in [0.1, 0.15) is 19.3 Å². The van der Waals surface area contributed by atoms with E-state index in [0.717, 1.165) is 46.9 Å². The van der Waals surface area contributed by atoms with Crippen molar-refractivity contribution < 1.29 is 4.42 Å². The van der Waals surface area contributed by atoms with Gasteiger partial charge in [-0.15, -0.1) is 11.3 Å². The maximum atomic E-state index is 6.95. The van der Waals surface area contributed by atoms with Gasteiger partial charge in [-0.3, -0.25) is 0 Å². The van der Waals surface area contributed by atoms with E-state index in [0.29, 0.717) is 11.8 Å². The van der Waals surface area contributed by atoms with Gasteiger partial charge in [-0.2, -0.15) is 0 Å². The van der Waals surface area contributed by atoms with Crippen LogP contribution in [0.4, 0.5) is 17.1 Å². The molecule has 54 heavy (non-hydrogen) atoms. The molecule has 0 N–H and O–H groups in total. The molecule has 0 bridgehead atoms. The zero-order valence-corrected chi connectivity index (χ0v) is 30.5. The molecule has 3 heterocycles. The Morgan fingerprint density at radius 3 is 2.35 bits per heavy atom. The fourth-order valence-electron chi connectivity index (χ4n) is 9.97. The molecule has 0 spiro atoms. The molecule has 1 aliphatic heterocycles. The Morgan fingerprint density at radius 1 is 0.685 bits per heavy atom. The van der Waals surface area contributed by atoms with Crippen LogP contribution in [0.2, 0.25) is 0 Å². The maximum Gasteiger partial charge on any atom is 0.159 e. The lowest BCUT2D eigenvalue weighted by Crippen LogP contribution is -2.41. The summed E-state index contributed by atoms with van der Waals surface area (Å²) < 4.78 is 9.56. The van der Waals surface area contributed by atoms with Gasteiger partial charge >= 0.3 is 0 Å². The topological polar surface area (TPSA) is 19.6 Å². The molecule has 0 radical (unpaired) electrons. The fraction of sp³-hybridized carbons (Fsp3) is 0.120. The Bertz CT molecular complexity index is 2940. The second kappa shape index (κ2) is 11.7. The average Bonchev–Trinajstić information content (AvgIpc) is 3.91. The highest BCUT2D eigenvalue weighted by molar-refractivity contribution is 7.26. The molecule has 0 saturated heterocycles. The van der Waals surface area contributed by atoms with Crippen LogP contribution in [0, 0.1) is 11.8 Å². The molecule has 4 heteroatoms. The van der Waals surface area contributed by atoms with E-state index in [1.165, 1.54) is 59.6 Å². The summed E-state index contributed by atoms with van der Waals surface area (Å²) >= 11 is 1.89. The van der Waals surface area contributed by atoms with Crippen molar-refractivity contribution in [3.05, 3.63) is 186 Å². The fourth-order valence-corrected chi connectivity index (χ4v) is 11.2. The summed E-state index contributed by atoms with van der Waals surface area (Å²) in [6.45, 7) is 0. The Balaban J connectivity index is 1.11. The molecule has 8 aromatic rings. The van der Waals surface area contributed by atoms with Crippen molar-refractivity contribution in [3.8, 4) is 11.1 Å². The van der Waals surface area contributed by atoms with E-state index in [4.69, 9.17) is 4.42 Å². The first kappa shape index (κ1) is 30.4. The second-order valence-corrected chi connectivity index (χ2v) is 16.1. The van der Waals surface area contributed by atoms with Crippen molar-refractivity contribution in [2.24, 2.45) is 11.8 Å². The van der Waals surface area contributed by atoms with Gasteiger partial charge in [-0.1, -0.05) is 115 Å². The van der Waals surface area contributed by atoms with Gasteiger partial charge in [0.15, 0.2) is 5.58 Å². The number of allylic oxidation sites excluding steroid dienone is 6. The number of benzene rings is 6. The summed E-state index contributed by atoms with van der Waals surface area (Å²) in [4.78, 5) is 5.24. The van der Waals surface area contributed by atoms with Gasteiger partial charge in [0, 0.05) is 49.2 Å². The molecule has 4 aliphatic rings. The Kier molecular flexibility index (Phi) is 6.58. The Labute approximate surface area is 318 Å². The van der Waals surface area contributed by atoms with Crippen molar-refractivity contribution in [2.45, 2.75) is 25.3 Å². The second-order valence-electron chi connectivity index (χ2n) is 15.1. The van der Waals surface area contributed by atoms with Crippen molar-refractivity contribution in [3.63, 3.8) is 0 Å².